The van der Waals surface area contributed by atoms with Crippen molar-refractivity contribution < 1.29 is 9.59 Å². The zero-order valence-corrected chi connectivity index (χ0v) is 15.2. The van der Waals surface area contributed by atoms with Gasteiger partial charge in [0.25, 0.3) is 11.8 Å². The van der Waals surface area contributed by atoms with Crippen LogP contribution in [0.1, 0.15) is 20.0 Å². The number of thiophene rings is 2. The molecule has 2 N–H and O–H groups in total. The maximum absolute atomic E-state index is 12.7. The van der Waals surface area contributed by atoms with E-state index >= 15 is 0 Å². The van der Waals surface area contributed by atoms with Crippen LogP contribution in [-0.4, -0.2) is 11.8 Å². The first kappa shape index (κ1) is 16.5. The third-order valence-corrected chi connectivity index (χ3v) is 5.64. The molecule has 0 aliphatic carbocycles. The molecule has 4 nitrogen and oxygen atoms in total. The van der Waals surface area contributed by atoms with Crippen molar-refractivity contribution in [2.24, 2.45) is 0 Å². The Bertz CT molecular complexity index is 1080. The Hall–Kier alpha value is -2.96. The van der Waals surface area contributed by atoms with Crippen LogP contribution in [0.15, 0.2) is 71.4 Å². The second kappa shape index (κ2) is 7.11. The van der Waals surface area contributed by atoms with Crippen molar-refractivity contribution in [1.29, 1.82) is 0 Å². The van der Waals surface area contributed by atoms with Gasteiger partial charge in [0.05, 0.1) is 16.1 Å². The first-order valence-corrected chi connectivity index (χ1v) is 9.69. The van der Waals surface area contributed by atoms with Gasteiger partial charge in [0.15, 0.2) is 0 Å². The second-order valence-corrected chi connectivity index (χ2v) is 7.50. The van der Waals surface area contributed by atoms with E-state index in [1.165, 1.54) is 16.0 Å². The largest absolute Gasteiger partial charge is 0.322 e. The lowest BCUT2D eigenvalue weighted by atomic mass is 10.1. The van der Waals surface area contributed by atoms with E-state index in [1.54, 1.807) is 41.7 Å². The molecule has 0 saturated carbocycles. The SMILES string of the molecule is O=C(Nc1ccccc1C(=O)Nc1ccc2sccc2c1)c1cccs1. The molecular weight excluding hydrogens is 364 g/mol. The van der Waals surface area contributed by atoms with Gasteiger partial charge >= 0.3 is 0 Å². The van der Waals surface area contributed by atoms with E-state index in [9.17, 15) is 9.59 Å². The van der Waals surface area contributed by atoms with Gasteiger partial charge in [-0.25, -0.2) is 0 Å². The molecule has 0 bridgehead atoms. The fourth-order valence-electron chi connectivity index (χ4n) is 2.62. The number of carbonyl (C=O) groups excluding carboxylic acids is 2. The first-order chi connectivity index (χ1) is 12.7. The van der Waals surface area contributed by atoms with Crippen molar-refractivity contribution in [3.05, 3.63) is 81.9 Å². The highest BCUT2D eigenvalue weighted by Gasteiger charge is 2.15. The van der Waals surface area contributed by atoms with Crippen LogP contribution in [-0.2, 0) is 0 Å². The molecule has 128 valence electrons. The number of hydrogen-bond donors (Lipinski definition) is 2. The molecule has 0 aliphatic heterocycles. The first-order valence-electron chi connectivity index (χ1n) is 7.93. The van der Waals surface area contributed by atoms with E-state index in [0.29, 0.717) is 16.1 Å². The van der Waals surface area contributed by atoms with E-state index in [2.05, 4.69) is 10.6 Å². The summed E-state index contributed by atoms with van der Waals surface area (Å²) in [6.45, 7) is 0. The molecule has 0 atom stereocenters. The minimum atomic E-state index is -0.262. The molecule has 6 heteroatoms. The number of benzene rings is 2. The predicted molar refractivity (Wildman–Crippen MR) is 108 cm³/mol. The molecule has 0 radical (unpaired) electrons. The third-order valence-electron chi connectivity index (χ3n) is 3.88. The van der Waals surface area contributed by atoms with E-state index in [4.69, 9.17) is 0 Å². The van der Waals surface area contributed by atoms with E-state index < -0.39 is 0 Å². The van der Waals surface area contributed by atoms with Gasteiger partial charge in [-0.2, -0.15) is 0 Å². The van der Waals surface area contributed by atoms with Gasteiger partial charge in [-0.05, 0) is 58.6 Å². The van der Waals surface area contributed by atoms with Crippen molar-refractivity contribution in [1.82, 2.24) is 0 Å². The van der Waals surface area contributed by atoms with Crippen LogP contribution in [0.2, 0.25) is 0 Å². The van der Waals surface area contributed by atoms with Crippen LogP contribution < -0.4 is 10.6 Å². The molecule has 2 amide bonds. The topological polar surface area (TPSA) is 58.2 Å². The maximum atomic E-state index is 12.7. The van der Waals surface area contributed by atoms with Gasteiger partial charge in [0.1, 0.15) is 0 Å². The number of fused-ring (bicyclic) bond motifs is 1. The zero-order valence-electron chi connectivity index (χ0n) is 13.6. The third kappa shape index (κ3) is 3.37. The molecule has 2 heterocycles. The summed E-state index contributed by atoms with van der Waals surface area (Å²) in [6, 6.07) is 18.4. The molecule has 0 unspecified atom stereocenters. The quantitative estimate of drug-likeness (QED) is 0.495. The number of rotatable bonds is 4. The van der Waals surface area contributed by atoms with Crippen LogP contribution in [0.3, 0.4) is 0 Å². The normalized spacial score (nSPS) is 10.6. The molecule has 2 aromatic carbocycles. The highest BCUT2D eigenvalue weighted by Crippen LogP contribution is 2.25. The van der Waals surface area contributed by atoms with Crippen molar-refractivity contribution in [2.45, 2.75) is 0 Å². The van der Waals surface area contributed by atoms with Gasteiger partial charge in [0.2, 0.25) is 0 Å². The summed E-state index contributed by atoms with van der Waals surface area (Å²) >= 11 is 3.02. The lowest BCUT2D eigenvalue weighted by Gasteiger charge is -2.11. The molecule has 0 spiro atoms. The number of nitrogens with one attached hydrogen (secondary N) is 2. The Balaban J connectivity index is 1.56. The smallest absolute Gasteiger partial charge is 0.265 e. The number of amides is 2. The van der Waals surface area contributed by atoms with Gasteiger partial charge in [-0.3, -0.25) is 9.59 Å². The second-order valence-electron chi connectivity index (χ2n) is 5.60. The standard InChI is InChI=1S/C20H14N2O2S2/c23-19(21-14-7-8-17-13(12-14)9-11-26-17)15-4-1-2-5-16(15)22-20(24)18-6-3-10-25-18/h1-12H,(H,21,23)(H,22,24). The Labute approximate surface area is 158 Å². The van der Waals surface area contributed by atoms with E-state index in [-0.39, 0.29) is 11.8 Å². The molecule has 0 saturated heterocycles. The van der Waals surface area contributed by atoms with Crippen LogP contribution in [0, 0.1) is 0 Å². The fraction of sp³-hybridized carbons (Fsp3) is 0. The molecule has 2 aromatic heterocycles. The van der Waals surface area contributed by atoms with Crippen molar-refractivity contribution in [3.63, 3.8) is 0 Å². The Kier molecular flexibility index (Phi) is 4.51. The van der Waals surface area contributed by atoms with Gasteiger partial charge in [0, 0.05) is 10.4 Å². The van der Waals surface area contributed by atoms with Crippen LogP contribution in [0.25, 0.3) is 10.1 Å². The summed E-state index contributed by atoms with van der Waals surface area (Å²) in [7, 11) is 0. The Morgan fingerprint density at radius 1 is 0.769 bits per heavy atom. The Morgan fingerprint density at radius 2 is 1.65 bits per heavy atom. The molecule has 0 fully saturated rings. The van der Waals surface area contributed by atoms with E-state index in [0.717, 1.165) is 11.1 Å². The number of carbonyl (C=O) groups is 2. The average molecular weight is 378 g/mol. The van der Waals surface area contributed by atoms with Crippen LogP contribution in [0.5, 0.6) is 0 Å². The summed E-state index contributed by atoms with van der Waals surface area (Å²) in [5, 5.41) is 10.7. The average Bonchev–Trinajstić information content (AvgIpc) is 3.33. The summed E-state index contributed by atoms with van der Waals surface area (Å²) in [4.78, 5) is 25.6. The zero-order chi connectivity index (χ0) is 17.9. The van der Waals surface area contributed by atoms with Crippen molar-refractivity contribution in [3.8, 4) is 0 Å². The maximum Gasteiger partial charge on any atom is 0.265 e. The number of para-hydroxylation sites is 1. The van der Waals surface area contributed by atoms with Gasteiger partial charge < -0.3 is 10.6 Å². The van der Waals surface area contributed by atoms with Crippen molar-refractivity contribution >= 4 is 55.9 Å². The number of hydrogen-bond acceptors (Lipinski definition) is 4. The Morgan fingerprint density at radius 3 is 2.50 bits per heavy atom. The van der Waals surface area contributed by atoms with E-state index in [1.807, 2.05) is 41.1 Å². The summed E-state index contributed by atoms with van der Waals surface area (Å²) < 4.78 is 1.17. The molecular formula is C20H14N2O2S2. The molecule has 4 rings (SSSR count). The summed E-state index contributed by atoms with van der Waals surface area (Å²) in [5.41, 5.74) is 1.63. The minimum absolute atomic E-state index is 0.222. The number of anilines is 2. The summed E-state index contributed by atoms with van der Waals surface area (Å²) in [6.07, 6.45) is 0. The van der Waals surface area contributed by atoms with Gasteiger partial charge in [-0.1, -0.05) is 18.2 Å². The summed E-state index contributed by atoms with van der Waals surface area (Å²) in [5.74, 6) is -0.485. The fourth-order valence-corrected chi connectivity index (χ4v) is 4.01. The molecule has 26 heavy (non-hydrogen) atoms. The van der Waals surface area contributed by atoms with Crippen molar-refractivity contribution in [2.75, 3.05) is 10.6 Å². The van der Waals surface area contributed by atoms with Gasteiger partial charge in [-0.15, -0.1) is 22.7 Å². The highest BCUT2D eigenvalue weighted by molar-refractivity contribution is 7.17. The highest BCUT2D eigenvalue weighted by atomic mass is 32.1. The molecule has 0 aliphatic rings. The lowest BCUT2D eigenvalue weighted by molar-refractivity contribution is 0.102. The van der Waals surface area contributed by atoms with Crippen LogP contribution in [0.4, 0.5) is 11.4 Å². The lowest BCUT2D eigenvalue weighted by Crippen LogP contribution is -2.17. The predicted octanol–water partition coefficient (Wildman–Crippen LogP) is 5.47. The molecule has 4 aromatic rings. The minimum Gasteiger partial charge on any atom is -0.322 e. The monoisotopic (exact) mass is 378 g/mol. The van der Waals surface area contributed by atoms with Crippen LogP contribution >= 0.6 is 22.7 Å².